The molecule has 4 bridgehead atoms. The number of methoxy groups -OCH3 is 1. The number of amides is 2. The molecule has 0 saturated carbocycles. The minimum absolute atomic E-state index is 0.0608. The number of hydrogen-bond donors (Lipinski definition) is 1. The van der Waals surface area contributed by atoms with Crippen LogP contribution in [0.25, 0.3) is 11.5 Å². The molecule has 3 aromatic carbocycles. The molecule has 0 unspecified atom stereocenters. The molecule has 1 aromatic heterocycles. The standard InChI is InChI=1S/C34H36FN5O6/c1-39-19-31(41)36-27-13-14-40(20-32-37-38-34(46-32)24-6-4-7-25(35)17-24)18-30(27)44-21-23-5-3-8-26(15-23)45-28-11-9-22(10-12-33(39)42)16-29(28)43-2/h3-9,11,15-17,27,30H,10,12-14,18-21H2,1-2H3,(H,36,41)/t27-,30-/m0/s1. The molecule has 0 spiro atoms. The van der Waals surface area contributed by atoms with Crippen LogP contribution in [0.5, 0.6) is 17.2 Å². The Morgan fingerprint density at radius 3 is 2.74 bits per heavy atom. The first kappa shape index (κ1) is 31.2. The fourth-order valence-corrected chi connectivity index (χ4v) is 5.68. The lowest BCUT2D eigenvalue weighted by Gasteiger charge is -2.38. The van der Waals surface area contributed by atoms with Crippen LogP contribution in [-0.4, -0.2) is 77.7 Å². The minimum Gasteiger partial charge on any atom is -0.493 e. The molecule has 12 heteroatoms. The topological polar surface area (TPSA) is 119 Å². The number of nitrogens with one attached hydrogen (secondary N) is 1. The van der Waals surface area contributed by atoms with E-state index in [1.54, 1.807) is 26.3 Å². The van der Waals surface area contributed by atoms with E-state index in [-0.39, 0.29) is 55.2 Å². The molecule has 1 N–H and O–H groups in total. The molecule has 2 atom stereocenters. The predicted octanol–water partition coefficient (Wildman–Crippen LogP) is 4.36. The van der Waals surface area contributed by atoms with Gasteiger partial charge in [0.25, 0.3) is 0 Å². The van der Waals surface area contributed by atoms with Crippen molar-refractivity contribution in [3.8, 4) is 28.7 Å². The zero-order valence-electron chi connectivity index (χ0n) is 25.8. The average molecular weight is 630 g/mol. The van der Waals surface area contributed by atoms with E-state index in [0.29, 0.717) is 61.2 Å². The number of carbonyl (C=O) groups is 2. The lowest BCUT2D eigenvalue weighted by atomic mass is 10.0. The van der Waals surface area contributed by atoms with E-state index < -0.39 is 0 Å². The van der Waals surface area contributed by atoms with Gasteiger partial charge in [-0.25, -0.2) is 4.39 Å². The molecule has 1 fully saturated rings. The maximum absolute atomic E-state index is 13.7. The molecule has 4 aromatic rings. The molecule has 0 aliphatic carbocycles. The summed E-state index contributed by atoms with van der Waals surface area (Å²) in [6.45, 7) is 1.70. The number of likely N-dealkylation sites (N-methyl/N-ethyl adjacent to an activating group) is 1. The van der Waals surface area contributed by atoms with Crippen molar-refractivity contribution < 1.29 is 32.6 Å². The summed E-state index contributed by atoms with van der Waals surface area (Å²) in [7, 11) is 3.21. The van der Waals surface area contributed by atoms with Crippen molar-refractivity contribution in [2.24, 2.45) is 0 Å². The fourth-order valence-electron chi connectivity index (χ4n) is 5.68. The van der Waals surface area contributed by atoms with Gasteiger partial charge in [-0.05, 0) is 66.4 Å². The third-order valence-electron chi connectivity index (χ3n) is 8.14. The summed E-state index contributed by atoms with van der Waals surface area (Å²) in [4.78, 5) is 29.6. The number of aromatic nitrogens is 2. The zero-order valence-corrected chi connectivity index (χ0v) is 25.8. The molecular weight excluding hydrogens is 593 g/mol. The number of aryl methyl sites for hydroxylation is 1. The molecule has 3 aliphatic rings. The van der Waals surface area contributed by atoms with Gasteiger partial charge in [0.05, 0.1) is 39.0 Å². The van der Waals surface area contributed by atoms with Gasteiger partial charge in [0, 0.05) is 32.1 Å². The van der Waals surface area contributed by atoms with Gasteiger partial charge in [0.1, 0.15) is 11.6 Å². The Balaban J connectivity index is 1.20. The van der Waals surface area contributed by atoms with Gasteiger partial charge in [-0.2, -0.15) is 0 Å². The normalized spacial score (nSPS) is 19.8. The molecule has 46 heavy (non-hydrogen) atoms. The number of carbonyl (C=O) groups excluding carboxylic acids is 2. The second-order valence-electron chi connectivity index (χ2n) is 11.5. The van der Waals surface area contributed by atoms with Crippen molar-refractivity contribution in [2.45, 2.75) is 44.6 Å². The van der Waals surface area contributed by atoms with Crippen LogP contribution in [0.3, 0.4) is 0 Å². The number of likely N-dealkylation sites (tertiary alicyclic amines) is 1. The number of ether oxygens (including phenoxy) is 3. The summed E-state index contributed by atoms with van der Waals surface area (Å²) in [5, 5.41) is 11.4. The van der Waals surface area contributed by atoms with Crippen molar-refractivity contribution in [3.05, 3.63) is 89.6 Å². The lowest BCUT2D eigenvalue weighted by Crippen LogP contribution is -2.56. The van der Waals surface area contributed by atoms with Crippen LogP contribution in [0.4, 0.5) is 4.39 Å². The van der Waals surface area contributed by atoms with Gasteiger partial charge in [-0.15, -0.1) is 10.2 Å². The Bertz CT molecular complexity index is 1700. The molecule has 7 rings (SSSR count). The lowest BCUT2D eigenvalue weighted by molar-refractivity contribution is -0.135. The Labute approximate surface area is 266 Å². The van der Waals surface area contributed by atoms with Crippen LogP contribution in [0, 0.1) is 5.82 Å². The van der Waals surface area contributed by atoms with Gasteiger partial charge in [-0.1, -0.05) is 24.3 Å². The minimum atomic E-state index is -0.383. The Morgan fingerprint density at radius 1 is 1.02 bits per heavy atom. The SMILES string of the molecule is COc1cc2ccc1Oc1cccc(c1)CO[C@H]1CN(Cc3nnc(-c4cccc(F)c4)o3)CC[C@@H]1NC(=O)CN(C)C(=O)CC2. The number of halogens is 1. The predicted molar refractivity (Wildman–Crippen MR) is 166 cm³/mol. The zero-order chi connectivity index (χ0) is 32.0. The van der Waals surface area contributed by atoms with Crippen LogP contribution in [-0.2, 0) is 33.9 Å². The summed E-state index contributed by atoms with van der Waals surface area (Å²) in [6, 6.07) is 19.0. The molecular formula is C34H36FN5O6. The third-order valence-corrected chi connectivity index (χ3v) is 8.14. The van der Waals surface area contributed by atoms with Gasteiger partial charge in [-0.3, -0.25) is 14.5 Å². The third kappa shape index (κ3) is 7.69. The number of hydrogen-bond acceptors (Lipinski definition) is 9. The Kier molecular flexibility index (Phi) is 9.55. The number of rotatable bonds is 4. The van der Waals surface area contributed by atoms with E-state index in [0.717, 1.165) is 11.1 Å². The van der Waals surface area contributed by atoms with Gasteiger partial charge in [0.2, 0.25) is 23.6 Å². The highest BCUT2D eigenvalue weighted by molar-refractivity contribution is 5.85. The van der Waals surface area contributed by atoms with Crippen molar-refractivity contribution in [1.29, 1.82) is 0 Å². The van der Waals surface area contributed by atoms with Gasteiger partial charge < -0.3 is 28.8 Å². The maximum atomic E-state index is 13.7. The van der Waals surface area contributed by atoms with E-state index in [1.165, 1.54) is 17.0 Å². The van der Waals surface area contributed by atoms with Crippen LogP contribution < -0.4 is 14.8 Å². The van der Waals surface area contributed by atoms with Crippen LogP contribution in [0.15, 0.2) is 71.1 Å². The van der Waals surface area contributed by atoms with Crippen LogP contribution >= 0.6 is 0 Å². The fraction of sp³-hybridized carbons (Fsp3) is 0.353. The average Bonchev–Trinajstić information content (AvgIpc) is 3.52. The Morgan fingerprint density at radius 2 is 1.89 bits per heavy atom. The summed E-state index contributed by atoms with van der Waals surface area (Å²) in [6.07, 6.45) is 0.976. The summed E-state index contributed by atoms with van der Waals surface area (Å²) in [5.41, 5.74) is 2.33. The van der Waals surface area contributed by atoms with E-state index >= 15 is 0 Å². The van der Waals surface area contributed by atoms with E-state index in [2.05, 4.69) is 20.4 Å². The number of benzene rings is 3. The molecule has 4 heterocycles. The second kappa shape index (κ2) is 14.1. The smallest absolute Gasteiger partial charge is 0.247 e. The monoisotopic (exact) mass is 629 g/mol. The summed E-state index contributed by atoms with van der Waals surface area (Å²) >= 11 is 0. The second-order valence-corrected chi connectivity index (χ2v) is 11.5. The van der Waals surface area contributed by atoms with Crippen LogP contribution in [0.2, 0.25) is 0 Å². The molecule has 1 saturated heterocycles. The quantitative estimate of drug-likeness (QED) is 0.351. The highest BCUT2D eigenvalue weighted by Gasteiger charge is 2.32. The van der Waals surface area contributed by atoms with Gasteiger partial charge >= 0.3 is 0 Å². The number of nitrogens with zero attached hydrogens (tertiary/aromatic N) is 4. The molecule has 11 nitrogen and oxygen atoms in total. The highest BCUT2D eigenvalue weighted by Crippen LogP contribution is 2.33. The van der Waals surface area contributed by atoms with Crippen molar-refractivity contribution in [2.75, 3.05) is 33.8 Å². The highest BCUT2D eigenvalue weighted by atomic mass is 19.1. The molecule has 0 radical (unpaired) electrons. The van der Waals surface area contributed by atoms with Crippen molar-refractivity contribution in [1.82, 2.24) is 25.3 Å². The number of fused-ring (bicyclic) bond motifs is 9. The van der Waals surface area contributed by atoms with Crippen molar-refractivity contribution >= 4 is 11.8 Å². The van der Waals surface area contributed by atoms with E-state index in [9.17, 15) is 14.0 Å². The molecule has 3 aliphatic heterocycles. The first-order valence-corrected chi connectivity index (χ1v) is 15.2. The van der Waals surface area contributed by atoms with Gasteiger partial charge in [0.15, 0.2) is 11.5 Å². The maximum Gasteiger partial charge on any atom is 0.247 e. The van der Waals surface area contributed by atoms with E-state index in [4.69, 9.17) is 18.6 Å². The number of piperidine rings is 1. The van der Waals surface area contributed by atoms with E-state index in [1.807, 2.05) is 42.5 Å². The first-order chi connectivity index (χ1) is 22.3. The summed E-state index contributed by atoms with van der Waals surface area (Å²) in [5.74, 6) is 1.62. The van der Waals surface area contributed by atoms with Crippen LogP contribution in [0.1, 0.15) is 29.9 Å². The molecule has 2 amide bonds. The molecule has 240 valence electrons. The Hall–Kier alpha value is -4.81. The van der Waals surface area contributed by atoms with Crippen molar-refractivity contribution in [3.63, 3.8) is 0 Å². The first-order valence-electron chi connectivity index (χ1n) is 15.2. The summed E-state index contributed by atoms with van der Waals surface area (Å²) < 4.78 is 37.7. The largest absolute Gasteiger partial charge is 0.493 e.